The normalized spacial score (nSPS) is 8.71. The highest BCUT2D eigenvalue weighted by Crippen LogP contribution is 2.17. The molecule has 0 aliphatic rings. The van der Waals surface area contributed by atoms with Gasteiger partial charge in [0.1, 0.15) is 11.9 Å². The van der Waals surface area contributed by atoms with Gasteiger partial charge in [-0.25, -0.2) is 4.98 Å². The van der Waals surface area contributed by atoms with E-state index in [1.54, 1.807) is 13.0 Å². The zero-order valence-corrected chi connectivity index (χ0v) is 9.23. The second-order valence-corrected chi connectivity index (χ2v) is 3.04. The van der Waals surface area contributed by atoms with Crippen molar-refractivity contribution >= 4 is 11.5 Å². The summed E-state index contributed by atoms with van der Waals surface area (Å²) in [5.74, 6) is 6.05. The molecule has 1 aromatic rings. The summed E-state index contributed by atoms with van der Waals surface area (Å²) in [5, 5.41) is 22.2. The number of hydrogen-bond donors (Lipinski definition) is 1. The van der Waals surface area contributed by atoms with Gasteiger partial charge in [0.05, 0.1) is 4.92 Å². The van der Waals surface area contributed by atoms with Crippen LogP contribution in [0, 0.1) is 33.3 Å². The standard InChI is InChI=1S/C11H10N4O2/c1-2-3-4-7-13-11-6-5-10(15(16)17)9(8-12)14-11/h5-6H,4,7H2,1H3,(H,13,14). The van der Waals surface area contributed by atoms with E-state index in [-0.39, 0.29) is 11.4 Å². The van der Waals surface area contributed by atoms with Crippen LogP contribution in [0.15, 0.2) is 12.1 Å². The molecule has 17 heavy (non-hydrogen) atoms. The Labute approximate surface area is 98.4 Å². The van der Waals surface area contributed by atoms with Crippen LogP contribution in [0.2, 0.25) is 0 Å². The highest BCUT2D eigenvalue weighted by Gasteiger charge is 2.15. The van der Waals surface area contributed by atoms with Crippen molar-refractivity contribution in [2.24, 2.45) is 0 Å². The van der Waals surface area contributed by atoms with E-state index in [1.165, 1.54) is 12.1 Å². The first-order valence-electron chi connectivity index (χ1n) is 4.88. The maximum absolute atomic E-state index is 10.6. The largest absolute Gasteiger partial charge is 0.369 e. The molecule has 1 rings (SSSR count). The highest BCUT2D eigenvalue weighted by molar-refractivity contribution is 5.50. The molecule has 0 saturated carbocycles. The van der Waals surface area contributed by atoms with E-state index in [9.17, 15) is 10.1 Å². The molecule has 6 heteroatoms. The zero-order valence-electron chi connectivity index (χ0n) is 9.23. The predicted octanol–water partition coefficient (Wildman–Crippen LogP) is 1.69. The Bertz CT molecular complexity index is 522. The Hall–Kier alpha value is -2.60. The monoisotopic (exact) mass is 230 g/mol. The number of nitro groups is 1. The molecule has 86 valence electrons. The van der Waals surface area contributed by atoms with Crippen molar-refractivity contribution in [3.8, 4) is 17.9 Å². The lowest BCUT2D eigenvalue weighted by atomic mass is 10.3. The first-order chi connectivity index (χ1) is 8.19. The summed E-state index contributed by atoms with van der Waals surface area (Å²) in [4.78, 5) is 13.8. The quantitative estimate of drug-likeness (QED) is 0.367. The van der Waals surface area contributed by atoms with Crippen LogP contribution in [0.1, 0.15) is 19.0 Å². The maximum Gasteiger partial charge on any atom is 0.305 e. The van der Waals surface area contributed by atoms with Gasteiger partial charge in [0, 0.05) is 19.0 Å². The van der Waals surface area contributed by atoms with Gasteiger partial charge in [0.15, 0.2) is 0 Å². The Balaban J connectivity index is 2.79. The molecule has 0 unspecified atom stereocenters. The fraction of sp³-hybridized carbons (Fsp3) is 0.273. The van der Waals surface area contributed by atoms with Crippen molar-refractivity contribution in [3.05, 3.63) is 27.9 Å². The van der Waals surface area contributed by atoms with Crippen LogP contribution >= 0.6 is 0 Å². The first-order valence-corrected chi connectivity index (χ1v) is 4.88. The molecule has 0 aliphatic heterocycles. The summed E-state index contributed by atoms with van der Waals surface area (Å²) in [6, 6.07) is 4.43. The molecule has 0 amide bonds. The first kappa shape index (κ1) is 12.5. The number of anilines is 1. The van der Waals surface area contributed by atoms with Crippen LogP contribution in [0.25, 0.3) is 0 Å². The van der Waals surface area contributed by atoms with Gasteiger partial charge in [0.25, 0.3) is 0 Å². The molecule has 0 fully saturated rings. The molecule has 0 radical (unpaired) electrons. The van der Waals surface area contributed by atoms with E-state index < -0.39 is 4.92 Å². The molecule has 1 N–H and O–H groups in total. The average molecular weight is 230 g/mol. The van der Waals surface area contributed by atoms with Crippen LogP contribution < -0.4 is 5.32 Å². The van der Waals surface area contributed by atoms with E-state index in [0.29, 0.717) is 18.8 Å². The van der Waals surface area contributed by atoms with Gasteiger partial charge in [-0.1, -0.05) is 0 Å². The maximum atomic E-state index is 10.6. The van der Waals surface area contributed by atoms with E-state index >= 15 is 0 Å². The lowest BCUT2D eigenvalue weighted by molar-refractivity contribution is -0.385. The van der Waals surface area contributed by atoms with Crippen LogP contribution in [-0.2, 0) is 0 Å². The Morgan fingerprint density at radius 2 is 2.35 bits per heavy atom. The van der Waals surface area contributed by atoms with Gasteiger partial charge in [-0.05, 0) is 13.0 Å². The third-order valence-corrected chi connectivity index (χ3v) is 1.91. The number of nitrogens with one attached hydrogen (secondary N) is 1. The minimum atomic E-state index is -0.627. The predicted molar refractivity (Wildman–Crippen MR) is 62.2 cm³/mol. The summed E-state index contributed by atoms with van der Waals surface area (Å²) in [7, 11) is 0. The van der Waals surface area contributed by atoms with Crippen molar-refractivity contribution in [1.82, 2.24) is 4.98 Å². The third-order valence-electron chi connectivity index (χ3n) is 1.91. The van der Waals surface area contributed by atoms with Crippen molar-refractivity contribution in [3.63, 3.8) is 0 Å². The molecule has 1 heterocycles. The van der Waals surface area contributed by atoms with E-state index in [1.807, 2.05) is 0 Å². The lowest BCUT2D eigenvalue weighted by Crippen LogP contribution is -2.04. The second kappa shape index (κ2) is 6.09. The lowest BCUT2D eigenvalue weighted by Gasteiger charge is -2.03. The van der Waals surface area contributed by atoms with Crippen LogP contribution in [0.4, 0.5) is 11.5 Å². The van der Waals surface area contributed by atoms with Gasteiger partial charge < -0.3 is 5.32 Å². The molecule has 0 bridgehead atoms. The summed E-state index contributed by atoms with van der Waals surface area (Å²) < 4.78 is 0. The molecular formula is C11H10N4O2. The minimum absolute atomic E-state index is 0.193. The van der Waals surface area contributed by atoms with Crippen molar-refractivity contribution < 1.29 is 4.92 Å². The van der Waals surface area contributed by atoms with Crippen LogP contribution in [0.3, 0.4) is 0 Å². The topological polar surface area (TPSA) is 91.9 Å². The third kappa shape index (κ3) is 3.47. The number of pyridine rings is 1. The van der Waals surface area contributed by atoms with E-state index in [4.69, 9.17) is 5.26 Å². The van der Waals surface area contributed by atoms with Gasteiger partial charge >= 0.3 is 5.69 Å². The summed E-state index contributed by atoms with van der Waals surface area (Å²) in [6.07, 6.45) is 0.650. The SMILES string of the molecule is CC#CCCNc1ccc([N+](=O)[O-])c(C#N)n1. The van der Waals surface area contributed by atoms with Crippen molar-refractivity contribution in [2.45, 2.75) is 13.3 Å². The van der Waals surface area contributed by atoms with Gasteiger partial charge in [-0.15, -0.1) is 11.8 Å². The van der Waals surface area contributed by atoms with Gasteiger partial charge in [-0.3, -0.25) is 10.1 Å². The van der Waals surface area contributed by atoms with E-state index in [0.717, 1.165) is 0 Å². The van der Waals surface area contributed by atoms with Crippen LogP contribution in [0.5, 0.6) is 0 Å². The molecule has 0 aliphatic carbocycles. The zero-order chi connectivity index (χ0) is 12.7. The number of rotatable bonds is 4. The molecule has 0 atom stereocenters. The van der Waals surface area contributed by atoms with Crippen molar-refractivity contribution in [1.29, 1.82) is 5.26 Å². The Kier molecular flexibility index (Phi) is 4.46. The molecular weight excluding hydrogens is 220 g/mol. The van der Waals surface area contributed by atoms with Gasteiger partial charge in [0.2, 0.25) is 5.69 Å². The number of nitrogens with zero attached hydrogens (tertiary/aromatic N) is 3. The average Bonchev–Trinajstić information content (AvgIpc) is 2.34. The fourth-order valence-corrected chi connectivity index (χ4v) is 1.16. The molecule has 0 saturated heterocycles. The molecule has 0 spiro atoms. The summed E-state index contributed by atoms with van der Waals surface area (Å²) in [5.41, 5.74) is -0.479. The molecule has 1 aromatic heterocycles. The fourth-order valence-electron chi connectivity index (χ4n) is 1.16. The van der Waals surface area contributed by atoms with Crippen LogP contribution in [-0.4, -0.2) is 16.5 Å². The number of aromatic nitrogens is 1. The smallest absolute Gasteiger partial charge is 0.305 e. The summed E-state index contributed by atoms with van der Waals surface area (Å²) >= 11 is 0. The van der Waals surface area contributed by atoms with Gasteiger partial charge in [-0.2, -0.15) is 5.26 Å². The Morgan fingerprint density at radius 1 is 1.59 bits per heavy atom. The highest BCUT2D eigenvalue weighted by atomic mass is 16.6. The molecule has 0 aromatic carbocycles. The Morgan fingerprint density at radius 3 is 2.94 bits per heavy atom. The second-order valence-electron chi connectivity index (χ2n) is 3.04. The van der Waals surface area contributed by atoms with Crippen molar-refractivity contribution in [2.75, 3.05) is 11.9 Å². The minimum Gasteiger partial charge on any atom is -0.369 e. The number of nitriles is 1. The number of hydrogen-bond acceptors (Lipinski definition) is 5. The summed E-state index contributed by atoms with van der Waals surface area (Å²) in [6.45, 7) is 2.33. The molecule has 6 nitrogen and oxygen atoms in total. The van der Waals surface area contributed by atoms with E-state index in [2.05, 4.69) is 22.1 Å².